The van der Waals surface area contributed by atoms with Crippen LogP contribution in [0.4, 0.5) is 0 Å². The van der Waals surface area contributed by atoms with Crippen molar-refractivity contribution in [1.82, 2.24) is 4.90 Å². The quantitative estimate of drug-likeness (QED) is 0.391. The van der Waals surface area contributed by atoms with E-state index in [1.54, 1.807) is 11.8 Å². The Labute approximate surface area is 188 Å². The van der Waals surface area contributed by atoms with Crippen LogP contribution in [0.3, 0.4) is 0 Å². The molecule has 7 heteroatoms. The Kier molecular flexibility index (Phi) is 5.49. The lowest BCUT2D eigenvalue weighted by molar-refractivity contribution is -0.169. The minimum Gasteiger partial charge on any atom is -0.451 e. The monoisotopic (exact) mass is 489 g/mol. The molecular weight excluding hydrogens is 466 g/mol. The highest BCUT2D eigenvalue weighted by atomic mass is 79.9. The van der Waals surface area contributed by atoms with Crippen LogP contribution in [0.1, 0.15) is 38.0 Å². The number of fused-ring (bicyclic) bond motifs is 1. The Balaban J connectivity index is 1.64. The SMILES string of the molecule is CC(O)[C@]1(Br)C(=O)N2[C@@H](C(=O)OC(c3ccccc3)c3ccccc3)C(C)(C)S[C@@H]21. The van der Waals surface area contributed by atoms with Gasteiger partial charge in [-0.25, -0.2) is 4.79 Å². The van der Waals surface area contributed by atoms with Gasteiger partial charge in [-0.15, -0.1) is 11.8 Å². The molecule has 2 heterocycles. The number of esters is 1. The summed E-state index contributed by atoms with van der Waals surface area (Å²) < 4.78 is 4.42. The predicted molar refractivity (Wildman–Crippen MR) is 120 cm³/mol. The van der Waals surface area contributed by atoms with Crippen LogP contribution in [-0.4, -0.2) is 48.5 Å². The van der Waals surface area contributed by atoms with Crippen molar-refractivity contribution >= 4 is 39.6 Å². The number of rotatable bonds is 5. The van der Waals surface area contributed by atoms with E-state index in [0.717, 1.165) is 11.1 Å². The van der Waals surface area contributed by atoms with Crippen LogP contribution in [0.15, 0.2) is 60.7 Å². The van der Waals surface area contributed by atoms with Crippen LogP contribution in [0.2, 0.25) is 0 Å². The topological polar surface area (TPSA) is 66.8 Å². The number of halogens is 1. The molecule has 1 amide bonds. The second-order valence-corrected chi connectivity index (χ2v) is 11.3. The standard InChI is InChI=1S/C23H24BrNO4S/c1-14(26)23(24)20(28)25-18(22(2,3)30-21(23)25)19(27)29-17(15-10-6-4-7-11-15)16-12-8-5-9-13-16/h4-14,17-18,21,26H,1-3H3/t14?,18-,21+,23-/m0/s1. The summed E-state index contributed by atoms with van der Waals surface area (Å²) in [6.07, 6.45) is -1.44. The summed E-state index contributed by atoms with van der Waals surface area (Å²) in [5, 5.41) is 9.83. The molecule has 0 radical (unpaired) electrons. The van der Waals surface area contributed by atoms with Gasteiger partial charge >= 0.3 is 5.97 Å². The van der Waals surface area contributed by atoms with Crippen molar-refractivity contribution in [2.75, 3.05) is 0 Å². The maximum atomic E-state index is 13.4. The normalized spacial score (nSPS) is 28.1. The van der Waals surface area contributed by atoms with E-state index in [2.05, 4.69) is 15.9 Å². The first-order valence-corrected chi connectivity index (χ1v) is 11.5. The van der Waals surface area contributed by atoms with Crippen LogP contribution in [-0.2, 0) is 14.3 Å². The summed E-state index contributed by atoms with van der Waals surface area (Å²) in [6, 6.07) is 18.4. The van der Waals surface area contributed by atoms with Crippen molar-refractivity contribution in [3.8, 4) is 0 Å². The maximum absolute atomic E-state index is 13.4. The third-order valence-electron chi connectivity index (χ3n) is 5.80. The molecule has 2 aliphatic rings. The molecule has 30 heavy (non-hydrogen) atoms. The Hall–Kier alpha value is -1.83. The van der Waals surface area contributed by atoms with Gasteiger partial charge in [0, 0.05) is 4.75 Å². The Bertz CT molecular complexity index is 913. The Morgan fingerprint density at radius 1 is 1.10 bits per heavy atom. The van der Waals surface area contributed by atoms with E-state index in [-0.39, 0.29) is 11.3 Å². The highest BCUT2D eigenvalue weighted by Gasteiger charge is 2.72. The largest absolute Gasteiger partial charge is 0.451 e. The molecule has 0 spiro atoms. The third-order valence-corrected chi connectivity index (χ3v) is 9.19. The minimum atomic E-state index is -1.07. The molecule has 2 aliphatic heterocycles. The highest BCUT2D eigenvalue weighted by molar-refractivity contribution is 9.10. The molecule has 2 aromatic carbocycles. The van der Waals surface area contributed by atoms with E-state index in [4.69, 9.17) is 4.74 Å². The highest BCUT2D eigenvalue weighted by Crippen LogP contribution is 2.59. The molecule has 2 saturated heterocycles. The average molecular weight is 490 g/mol. The molecule has 2 aromatic rings. The van der Waals surface area contributed by atoms with Gasteiger partial charge < -0.3 is 14.7 Å². The first kappa shape index (κ1) is 21.4. The van der Waals surface area contributed by atoms with Crippen LogP contribution in [0, 0.1) is 0 Å². The van der Waals surface area contributed by atoms with Gasteiger partial charge in [0.05, 0.1) is 6.10 Å². The van der Waals surface area contributed by atoms with Gasteiger partial charge in [-0.1, -0.05) is 76.6 Å². The van der Waals surface area contributed by atoms with E-state index < -0.39 is 33.3 Å². The summed E-state index contributed by atoms with van der Waals surface area (Å²) in [6.45, 7) is 5.46. The smallest absolute Gasteiger partial charge is 0.331 e. The number of benzene rings is 2. The lowest BCUT2D eigenvalue weighted by atomic mass is 9.88. The number of amides is 1. The Morgan fingerprint density at radius 2 is 1.60 bits per heavy atom. The number of thioether (sulfide) groups is 1. The van der Waals surface area contributed by atoms with Gasteiger partial charge in [0.25, 0.3) is 0 Å². The summed E-state index contributed by atoms with van der Waals surface area (Å²) in [5.74, 6) is -0.723. The molecule has 0 bridgehead atoms. The van der Waals surface area contributed by atoms with Crippen LogP contribution >= 0.6 is 27.7 Å². The molecule has 1 N–H and O–H groups in total. The van der Waals surface area contributed by atoms with Crippen molar-refractivity contribution in [1.29, 1.82) is 0 Å². The van der Waals surface area contributed by atoms with Crippen LogP contribution < -0.4 is 0 Å². The fourth-order valence-electron chi connectivity index (χ4n) is 4.18. The van der Waals surface area contributed by atoms with E-state index >= 15 is 0 Å². The number of alkyl halides is 1. The van der Waals surface area contributed by atoms with E-state index in [1.807, 2.05) is 74.5 Å². The zero-order chi connectivity index (χ0) is 21.7. The van der Waals surface area contributed by atoms with Gasteiger partial charge in [0.1, 0.15) is 11.4 Å². The van der Waals surface area contributed by atoms with Gasteiger partial charge in [0.2, 0.25) is 5.91 Å². The molecule has 0 aliphatic carbocycles. The molecule has 0 saturated carbocycles. The molecule has 4 atom stereocenters. The fourth-order valence-corrected chi connectivity index (χ4v) is 6.60. The molecule has 158 valence electrons. The second-order valence-electron chi connectivity index (χ2n) is 8.27. The zero-order valence-electron chi connectivity index (χ0n) is 17.0. The minimum absolute atomic E-state index is 0.279. The first-order valence-electron chi connectivity index (χ1n) is 9.86. The number of aliphatic hydroxyl groups excluding tert-OH is 1. The van der Waals surface area contributed by atoms with Crippen molar-refractivity contribution in [2.45, 2.75) is 53.5 Å². The van der Waals surface area contributed by atoms with Crippen molar-refractivity contribution in [3.63, 3.8) is 0 Å². The van der Waals surface area contributed by atoms with Crippen molar-refractivity contribution < 1.29 is 19.4 Å². The molecule has 4 rings (SSSR count). The lowest BCUT2D eigenvalue weighted by Gasteiger charge is -2.51. The number of hydrogen-bond donors (Lipinski definition) is 1. The van der Waals surface area contributed by atoms with Crippen LogP contribution in [0.25, 0.3) is 0 Å². The molecule has 0 aromatic heterocycles. The number of hydrogen-bond acceptors (Lipinski definition) is 5. The maximum Gasteiger partial charge on any atom is 0.331 e. The predicted octanol–water partition coefficient (Wildman–Crippen LogP) is 3.90. The van der Waals surface area contributed by atoms with E-state index in [9.17, 15) is 14.7 Å². The molecule has 1 unspecified atom stereocenters. The molecule has 2 fully saturated rings. The number of β-lactam (4-membered cyclic amide) rings is 1. The van der Waals surface area contributed by atoms with Gasteiger partial charge in [-0.2, -0.15) is 0 Å². The summed E-state index contributed by atoms with van der Waals surface area (Å²) in [4.78, 5) is 27.9. The first-order chi connectivity index (χ1) is 14.2. The Morgan fingerprint density at radius 3 is 2.07 bits per heavy atom. The van der Waals surface area contributed by atoms with Crippen molar-refractivity contribution in [2.24, 2.45) is 0 Å². The van der Waals surface area contributed by atoms with Gasteiger partial charge in [-0.05, 0) is 31.9 Å². The summed E-state index contributed by atoms with van der Waals surface area (Å²) in [7, 11) is 0. The second kappa shape index (κ2) is 7.70. The average Bonchev–Trinajstić information content (AvgIpc) is 3.01. The summed E-state index contributed by atoms with van der Waals surface area (Å²) >= 11 is 4.95. The summed E-state index contributed by atoms with van der Waals surface area (Å²) in [5.41, 5.74) is 1.73. The van der Waals surface area contributed by atoms with Crippen LogP contribution in [0.5, 0.6) is 0 Å². The number of nitrogens with zero attached hydrogens (tertiary/aromatic N) is 1. The van der Waals surface area contributed by atoms with Gasteiger partial charge in [-0.3, -0.25) is 4.79 Å². The molecular formula is C23H24BrNO4S. The van der Waals surface area contributed by atoms with E-state index in [1.165, 1.54) is 11.8 Å². The molecule has 5 nitrogen and oxygen atoms in total. The van der Waals surface area contributed by atoms with Crippen molar-refractivity contribution in [3.05, 3.63) is 71.8 Å². The number of carbonyl (C=O) groups is 2. The number of ether oxygens (including phenoxy) is 1. The fraction of sp³-hybridized carbons (Fsp3) is 0.391. The number of carbonyl (C=O) groups excluding carboxylic acids is 2. The zero-order valence-corrected chi connectivity index (χ0v) is 19.4. The lowest BCUT2D eigenvalue weighted by Crippen LogP contribution is -2.74. The van der Waals surface area contributed by atoms with Gasteiger partial charge in [0.15, 0.2) is 10.4 Å². The number of aliphatic hydroxyl groups is 1. The third kappa shape index (κ3) is 3.27. The van der Waals surface area contributed by atoms with E-state index in [0.29, 0.717) is 0 Å².